The van der Waals surface area contributed by atoms with Crippen LogP contribution < -0.4 is 5.32 Å². The second-order valence-corrected chi connectivity index (χ2v) is 7.34. The summed E-state index contributed by atoms with van der Waals surface area (Å²) in [6, 6.07) is 3.43. The van der Waals surface area contributed by atoms with E-state index in [1.165, 1.54) is 19.9 Å². The van der Waals surface area contributed by atoms with Crippen molar-refractivity contribution < 1.29 is 28.2 Å². The first-order valence-corrected chi connectivity index (χ1v) is 7.43. The van der Waals surface area contributed by atoms with Gasteiger partial charge in [0.05, 0.1) is 0 Å². The lowest BCUT2D eigenvalue weighted by molar-refractivity contribution is -0.117. The molecule has 0 heterocycles. The fourth-order valence-electron chi connectivity index (χ4n) is 1.24. The Hall–Kier alpha value is -2.09. The van der Waals surface area contributed by atoms with Crippen LogP contribution in [-0.4, -0.2) is 41.5 Å². The second-order valence-electron chi connectivity index (χ2n) is 4.77. The number of aromatic hydroxyl groups is 1. The Balaban J connectivity index is 3.09. The number of nitrogens with one attached hydrogen (secondary N) is 1. The predicted octanol–water partition coefficient (Wildman–Crippen LogP) is 0.852. The highest BCUT2D eigenvalue weighted by Gasteiger charge is 2.38. The molecule has 110 valence electrons. The Morgan fingerprint density at radius 2 is 1.80 bits per heavy atom. The first-order chi connectivity index (χ1) is 8.96. The molecule has 0 spiro atoms. The van der Waals surface area contributed by atoms with Crippen LogP contribution in [0.2, 0.25) is 0 Å². The van der Waals surface area contributed by atoms with E-state index in [2.05, 4.69) is 5.32 Å². The number of benzene rings is 1. The van der Waals surface area contributed by atoms with Crippen molar-refractivity contribution in [2.24, 2.45) is 0 Å². The van der Waals surface area contributed by atoms with Gasteiger partial charge in [-0.3, -0.25) is 4.79 Å². The van der Waals surface area contributed by atoms with Gasteiger partial charge in [0.25, 0.3) is 0 Å². The zero-order valence-corrected chi connectivity index (χ0v) is 12.0. The van der Waals surface area contributed by atoms with Gasteiger partial charge in [0.1, 0.15) is 16.1 Å². The Bertz CT molecular complexity index is 663. The molecule has 0 unspecified atom stereocenters. The molecule has 0 aromatic heterocycles. The molecule has 1 rings (SSSR count). The molecule has 1 aromatic rings. The smallest absolute Gasteiger partial charge is 0.339 e. The molecule has 0 radical (unpaired) electrons. The van der Waals surface area contributed by atoms with Crippen molar-refractivity contribution in [2.45, 2.75) is 18.6 Å². The molecule has 0 aliphatic carbocycles. The number of amides is 1. The number of hydrogen-bond acceptors (Lipinski definition) is 5. The van der Waals surface area contributed by atoms with Gasteiger partial charge in [0.15, 0.2) is 9.84 Å². The molecule has 3 N–H and O–H groups in total. The van der Waals surface area contributed by atoms with E-state index in [4.69, 9.17) is 5.11 Å². The molecule has 7 nitrogen and oxygen atoms in total. The van der Waals surface area contributed by atoms with Gasteiger partial charge in [-0.1, -0.05) is 0 Å². The van der Waals surface area contributed by atoms with Gasteiger partial charge < -0.3 is 15.5 Å². The highest BCUT2D eigenvalue weighted by Crippen LogP contribution is 2.23. The molecule has 20 heavy (non-hydrogen) atoms. The lowest BCUT2D eigenvalue weighted by Gasteiger charge is -2.21. The van der Waals surface area contributed by atoms with Crippen molar-refractivity contribution in [3.63, 3.8) is 0 Å². The monoisotopic (exact) mass is 301 g/mol. The van der Waals surface area contributed by atoms with Crippen molar-refractivity contribution in [2.75, 3.05) is 11.6 Å². The maximum atomic E-state index is 11.9. The number of carboxylic acid groups (broad SMARTS) is 1. The number of aromatic carboxylic acids is 1. The van der Waals surface area contributed by atoms with Crippen LogP contribution in [0.4, 0.5) is 5.69 Å². The van der Waals surface area contributed by atoms with Crippen molar-refractivity contribution in [3.8, 4) is 5.75 Å². The Morgan fingerprint density at radius 1 is 1.25 bits per heavy atom. The van der Waals surface area contributed by atoms with Crippen molar-refractivity contribution in [3.05, 3.63) is 23.8 Å². The third kappa shape index (κ3) is 3.08. The minimum Gasteiger partial charge on any atom is -0.507 e. The average Bonchev–Trinajstić information content (AvgIpc) is 2.29. The van der Waals surface area contributed by atoms with Gasteiger partial charge in [0.2, 0.25) is 5.91 Å². The number of phenols is 1. The first-order valence-electron chi connectivity index (χ1n) is 5.54. The lowest BCUT2D eigenvalue weighted by Crippen LogP contribution is -2.43. The zero-order chi connectivity index (χ0) is 15.7. The fraction of sp³-hybridized carbons (Fsp3) is 0.333. The maximum absolute atomic E-state index is 11.9. The molecule has 1 amide bonds. The van der Waals surface area contributed by atoms with E-state index in [1.807, 2.05) is 0 Å². The van der Waals surface area contributed by atoms with E-state index >= 15 is 0 Å². The summed E-state index contributed by atoms with van der Waals surface area (Å²) in [5, 5.41) is 20.5. The molecule has 0 bridgehead atoms. The largest absolute Gasteiger partial charge is 0.507 e. The molecule has 0 saturated carbocycles. The summed E-state index contributed by atoms with van der Waals surface area (Å²) in [6.07, 6.45) is 0.937. The second kappa shape index (κ2) is 5.12. The van der Waals surface area contributed by atoms with Crippen LogP contribution in [0.5, 0.6) is 5.75 Å². The van der Waals surface area contributed by atoms with E-state index in [-0.39, 0.29) is 11.3 Å². The fourth-order valence-corrected chi connectivity index (χ4v) is 1.62. The summed E-state index contributed by atoms with van der Waals surface area (Å²) in [5.74, 6) is -2.60. The lowest BCUT2D eigenvalue weighted by atomic mass is 10.1. The van der Waals surface area contributed by atoms with Crippen LogP contribution in [0.25, 0.3) is 0 Å². The molecule has 0 fully saturated rings. The summed E-state index contributed by atoms with van der Waals surface area (Å²) in [6.45, 7) is 2.49. The summed E-state index contributed by atoms with van der Waals surface area (Å²) in [5.41, 5.74) is -0.304. The molecule has 0 saturated heterocycles. The van der Waals surface area contributed by atoms with Gasteiger partial charge >= 0.3 is 5.97 Å². The number of sulfone groups is 1. The SMILES string of the molecule is CC(C)(C(=O)Nc1ccc(O)c(C(=O)O)c1)S(C)(=O)=O. The van der Waals surface area contributed by atoms with E-state index in [0.717, 1.165) is 18.4 Å². The third-order valence-corrected chi connectivity index (χ3v) is 5.00. The van der Waals surface area contributed by atoms with Crippen molar-refractivity contribution in [1.82, 2.24) is 0 Å². The summed E-state index contributed by atoms with van der Waals surface area (Å²) in [4.78, 5) is 22.8. The number of hydrogen-bond donors (Lipinski definition) is 3. The number of anilines is 1. The first kappa shape index (κ1) is 16.0. The minimum absolute atomic E-state index is 0.0851. The Kier molecular flexibility index (Phi) is 4.09. The number of carbonyl (C=O) groups is 2. The quantitative estimate of drug-likeness (QED) is 0.709. The Morgan fingerprint density at radius 3 is 2.25 bits per heavy atom. The Labute approximate surface area is 116 Å². The van der Waals surface area contributed by atoms with Crippen molar-refractivity contribution >= 4 is 27.4 Å². The molecule has 0 aliphatic rings. The molecular weight excluding hydrogens is 286 g/mol. The molecule has 1 aromatic carbocycles. The normalized spacial score (nSPS) is 11.9. The van der Waals surface area contributed by atoms with Crippen LogP contribution >= 0.6 is 0 Å². The molecule has 0 aliphatic heterocycles. The van der Waals surface area contributed by atoms with Crippen LogP contribution in [-0.2, 0) is 14.6 Å². The molecule has 0 atom stereocenters. The van der Waals surface area contributed by atoms with Gasteiger partial charge in [-0.2, -0.15) is 0 Å². The van der Waals surface area contributed by atoms with Crippen molar-refractivity contribution in [1.29, 1.82) is 0 Å². The highest BCUT2D eigenvalue weighted by molar-refractivity contribution is 7.92. The number of carbonyl (C=O) groups excluding carboxylic acids is 1. The number of rotatable bonds is 4. The zero-order valence-electron chi connectivity index (χ0n) is 11.2. The van der Waals surface area contributed by atoms with Gasteiger partial charge in [-0.05, 0) is 32.0 Å². The van der Waals surface area contributed by atoms with Gasteiger partial charge in [-0.25, -0.2) is 13.2 Å². The van der Waals surface area contributed by atoms with E-state index in [1.54, 1.807) is 0 Å². The highest BCUT2D eigenvalue weighted by atomic mass is 32.2. The predicted molar refractivity (Wildman–Crippen MR) is 72.6 cm³/mol. The summed E-state index contributed by atoms with van der Waals surface area (Å²) < 4.78 is 21.4. The van der Waals surface area contributed by atoms with E-state index < -0.39 is 32.2 Å². The van der Waals surface area contributed by atoms with Crippen LogP contribution in [0.1, 0.15) is 24.2 Å². The van der Waals surface area contributed by atoms with Gasteiger partial charge in [0, 0.05) is 11.9 Å². The van der Waals surface area contributed by atoms with Gasteiger partial charge in [-0.15, -0.1) is 0 Å². The maximum Gasteiger partial charge on any atom is 0.339 e. The summed E-state index contributed by atoms with van der Waals surface area (Å²) in [7, 11) is -3.63. The average molecular weight is 301 g/mol. The third-order valence-electron chi connectivity index (χ3n) is 2.96. The van der Waals surface area contributed by atoms with Crippen LogP contribution in [0.3, 0.4) is 0 Å². The standard InChI is InChI=1S/C12H15NO6S/c1-12(2,20(3,18)19)11(17)13-7-4-5-9(14)8(6-7)10(15)16/h4-6,14H,1-3H3,(H,13,17)(H,15,16). The molecule has 8 heteroatoms. The van der Waals surface area contributed by atoms with Crippen LogP contribution in [0, 0.1) is 0 Å². The minimum atomic E-state index is -3.63. The van der Waals surface area contributed by atoms with E-state index in [0.29, 0.717) is 0 Å². The topological polar surface area (TPSA) is 121 Å². The van der Waals surface area contributed by atoms with E-state index in [9.17, 15) is 23.1 Å². The van der Waals surface area contributed by atoms with Crippen LogP contribution in [0.15, 0.2) is 18.2 Å². The summed E-state index contributed by atoms with van der Waals surface area (Å²) >= 11 is 0. The molecular formula is C12H15NO6S. The number of carboxylic acids is 1.